The largest absolute Gasteiger partial charge is 0.484 e. The Morgan fingerprint density at radius 1 is 1.26 bits per heavy atom. The first-order chi connectivity index (χ1) is 8.88. The molecule has 0 spiro atoms. The molecule has 0 unspecified atom stereocenters. The van der Waals surface area contributed by atoms with Gasteiger partial charge in [-0.1, -0.05) is 36.7 Å². The molecule has 0 saturated heterocycles. The van der Waals surface area contributed by atoms with Crippen LogP contribution in [0.5, 0.6) is 5.75 Å². The van der Waals surface area contributed by atoms with Gasteiger partial charge in [0, 0.05) is 5.56 Å². The van der Waals surface area contributed by atoms with Crippen molar-refractivity contribution in [1.29, 1.82) is 0 Å². The molecule has 0 fully saturated rings. The number of hydrogen-bond donors (Lipinski definition) is 0. The van der Waals surface area contributed by atoms with Crippen LogP contribution in [0.25, 0.3) is 0 Å². The van der Waals surface area contributed by atoms with Crippen molar-refractivity contribution in [3.8, 4) is 5.75 Å². The van der Waals surface area contributed by atoms with Crippen molar-refractivity contribution in [2.24, 2.45) is 0 Å². The summed E-state index contributed by atoms with van der Waals surface area (Å²) in [5.74, 6) is -0.0975. The Balaban J connectivity index is 3.07. The summed E-state index contributed by atoms with van der Waals surface area (Å²) >= 11 is 12.1. The highest BCUT2D eigenvalue weighted by Crippen LogP contribution is 2.35. The predicted octanol–water partition coefficient (Wildman–Crippen LogP) is 4.11. The van der Waals surface area contributed by atoms with Gasteiger partial charge in [0.25, 0.3) is 0 Å². The highest BCUT2D eigenvalue weighted by Gasteiger charge is 2.18. The van der Waals surface area contributed by atoms with E-state index in [2.05, 4.69) is 6.58 Å². The van der Waals surface area contributed by atoms with E-state index in [-0.39, 0.29) is 39.5 Å². The van der Waals surface area contributed by atoms with Gasteiger partial charge < -0.3 is 4.74 Å². The van der Waals surface area contributed by atoms with E-state index in [1.807, 2.05) is 6.92 Å². The van der Waals surface area contributed by atoms with Gasteiger partial charge in [-0.3, -0.25) is 9.59 Å². The maximum atomic E-state index is 12.0. The van der Waals surface area contributed by atoms with Crippen LogP contribution in [0.15, 0.2) is 24.3 Å². The lowest BCUT2D eigenvalue weighted by molar-refractivity contribution is -0.118. The molecule has 0 saturated carbocycles. The summed E-state index contributed by atoms with van der Waals surface area (Å²) in [4.78, 5) is 22.8. The Morgan fingerprint density at radius 3 is 2.42 bits per heavy atom. The van der Waals surface area contributed by atoms with E-state index >= 15 is 0 Å². The van der Waals surface area contributed by atoms with Crippen LogP contribution >= 0.6 is 23.2 Å². The van der Waals surface area contributed by atoms with Gasteiger partial charge in [0.05, 0.1) is 5.02 Å². The summed E-state index contributed by atoms with van der Waals surface area (Å²) in [7, 11) is 0. The number of carbonyl (C=O) groups excluding carboxylic acids is 2. The number of allylic oxidation sites excluding steroid dienone is 1. The minimum atomic E-state index is -0.243. The SMILES string of the molecule is C=C(CC)C(=O)c1ccc(OCC(C)=O)c(Cl)c1Cl. The van der Waals surface area contributed by atoms with Crippen molar-refractivity contribution in [3.63, 3.8) is 0 Å². The Morgan fingerprint density at radius 2 is 1.89 bits per heavy atom. The number of carbonyl (C=O) groups is 2. The van der Waals surface area contributed by atoms with Crippen LogP contribution in [0.2, 0.25) is 10.0 Å². The van der Waals surface area contributed by atoms with Crippen LogP contribution < -0.4 is 4.74 Å². The molecule has 102 valence electrons. The Bertz CT molecular complexity index is 536. The summed E-state index contributed by atoms with van der Waals surface area (Å²) < 4.78 is 5.20. The van der Waals surface area contributed by atoms with E-state index in [0.717, 1.165) is 0 Å². The molecule has 0 aromatic heterocycles. The lowest BCUT2D eigenvalue weighted by Crippen LogP contribution is -2.08. The lowest BCUT2D eigenvalue weighted by Gasteiger charge is -2.11. The van der Waals surface area contributed by atoms with Gasteiger partial charge in [0.2, 0.25) is 0 Å². The van der Waals surface area contributed by atoms with Crippen LogP contribution in [0, 0.1) is 0 Å². The fourth-order valence-corrected chi connectivity index (χ4v) is 1.81. The molecular weight excluding hydrogens is 287 g/mol. The van der Waals surface area contributed by atoms with E-state index in [9.17, 15) is 9.59 Å². The monoisotopic (exact) mass is 300 g/mol. The third kappa shape index (κ3) is 3.82. The number of ketones is 2. The van der Waals surface area contributed by atoms with Gasteiger partial charge >= 0.3 is 0 Å². The molecule has 0 radical (unpaired) electrons. The number of halogens is 2. The van der Waals surface area contributed by atoms with E-state index in [0.29, 0.717) is 12.0 Å². The van der Waals surface area contributed by atoms with E-state index < -0.39 is 0 Å². The van der Waals surface area contributed by atoms with Gasteiger partial charge in [0.15, 0.2) is 11.6 Å². The third-order valence-corrected chi connectivity index (χ3v) is 3.33. The third-order valence-electron chi connectivity index (χ3n) is 2.47. The van der Waals surface area contributed by atoms with Crippen LogP contribution in [-0.2, 0) is 4.79 Å². The fraction of sp³-hybridized carbons (Fsp3) is 0.286. The van der Waals surface area contributed by atoms with Crippen LogP contribution in [0.4, 0.5) is 0 Å². The van der Waals surface area contributed by atoms with Crippen molar-refractivity contribution in [2.75, 3.05) is 6.61 Å². The van der Waals surface area contributed by atoms with E-state index in [1.165, 1.54) is 19.1 Å². The number of hydrogen-bond acceptors (Lipinski definition) is 3. The van der Waals surface area contributed by atoms with Gasteiger partial charge in [-0.05, 0) is 31.1 Å². The molecule has 19 heavy (non-hydrogen) atoms. The van der Waals surface area contributed by atoms with Crippen LogP contribution in [-0.4, -0.2) is 18.2 Å². The molecule has 0 aliphatic carbocycles. The molecule has 0 amide bonds. The molecule has 3 nitrogen and oxygen atoms in total. The van der Waals surface area contributed by atoms with Crippen molar-refractivity contribution in [3.05, 3.63) is 39.9 Å². The number of benzene rings is 1. The number of rotatable bonds is 6. The first-order valence-corrected chi connectivity index (χ1v) is 6.46. The Kier molecular flexibility index (Phi) is 5.58. The highest BCUT2D eigenvalue weighted by atomic mass is 35.5. The van der Waals surface area contributed by atoms with Crippen molar-refractivity contribution >= 4 is 34.8 Å². The normalized spacial score (nSPS) is 10.1. The summed E-state index contributed by atoms with van der Waals surface area (Å²) in [6.07, 6.45) is 0.537. The molecule has 5 heteroatoms. The summed E-state index contributed by atoms with van der Waals surface area (Å²) in [5.41, 5.74) is 0.740. The fourth-order valence-electron chi connectivity index (χ4n) is 1.35. The van der Waals surface area contributed by atoms with E-state index in [4.69, 9.17) is 27.9 Å². The quantitative estimate of drug-likeness (QED) is 0.586. The van der Waals surface area contributed by atoms with Crippen molar-refractivity contribution < 1.29 is 14.3 Å². The maximum absolute atomic E-state index is 12.0. The standard InChI is InChI=1S/C14H14Cl2O3/c1-4-8(2)14(18)10-5-6-11(13(16)12(10)15)19-7-9(3)17/h5-6H,2,4,7H2,1,3H3. The summed E-state index contributed by atoms with van der Waals surface area (Å²) in [6, 6.07) is 3.04. The molecule has 0 aliphatic heterocycles. The van der Waals surface area contributed by atoms with Gasteiger partial charge in [-0.25, -0.2) is 0 Å². The topological polar surface area (TPSA) is 43.4 Å². The van der Waals surface area contributed by atoms with Gasteiger partial charge in [-0.2, -0.15) is 0 Å². The maximum Gasteiger partial charge on any atom is 0.189 e. The minimum absolute atomic E-state index is 0.0923. The average molecular weight is 301 g/mol. The first kappa shape index (κ1) is 15.7. The second-order valence-corrected chi connectivity index (χ2v) is 4.77. The molecule has 1 rings (SSSR count). The number of Topliss-reactive ketones (excluding diaryl/α,β-unsaturated/α-hetero) is 2. The Labute approximate surface area is 122 Å². The summed E-state index contributed by atoms with van der Waals surface area (Å²) in [5, 5.41) is 0.236. The zero-order valence-electron chi connectivity index (χ0n) is 10.8. The zero-order valence-corrected chi connectivity index (χ0v) is 12.3. The van der Waals surface area contributed by atoms with E-state index in [1.54, 1.807) is 0 Å². The summed E-state index contributed by atoms with van der Waals surface area (Å²) in [6.45, 7) is 6.82. The van der Waals surface area contributed by atoms with Crippen molar-refractivity contribution in [1.82, 2.24) is 0 Å². The molecule has 0 heterocycles. The van der Waals surface area contributed by atoms with Gasteiger partial charge in [0.1, 0.15) is 17.4 Å². The second-order valence-electron chi connectivity index (χ2n) is 4.02. The predicted molar refractivity (Wildman–Crippen MR) is 76.4 cm³/mol. The molecule has 1 aromatic rings. The van der Waals surface area contributed by atoms with Crippen LogP contribution in [0.1, 0.15) is 30.6 Å². The van der Waals surface area contributed by atoms with Crippen LogP contribution in [0.3, 0.4) is 0 Å². The molecule has 0 bridgehead atoms. The van der Waals surface area contributed by atoms with Gasteiger partial charge in [-0.15, -0.1) is 0 Å². The molecular formula is C14H14Cl2O3. The molecule has 0 atom stereocenters. The molecule has 0 aliphatic rings. The average Bonchev–Trinajstić information content (AvgIpc) is 2.38. The minimum Gasteiger partial charge on any atom is -0.484 e. The van der Waals surface area contributed by atoms with Crippen molar-refractivity contribution in [2.45, 2.75) is 20.3 Å². The molecule has 0 N–H and O–H groups in total. The highest BCUT2D eigenvalue weighted by molar-refractivity contribution is 6.45. The molecule has 1 aromatic carbocycles. The second kappa shape index (κ2) is 6.73. The number of ether oxygens (including phenoxy) is 1. The first-order valence-electron chi connectivity index (χ1n) is 5.71. The Hall–Kier alpha value is -1.32. The smallest absolute Gasteiger partial charge is 0.189 e. The zero-order chi connectivity index (χ0) is 14.6. The lowest BCUT2D eigenvalue weighted by atomic mass is 10.0.